The van der Waals surface area contributed by atoms with E-state index < -0.39 is 0 Å². The molecule has 0 unspecified atom stereocenters. The predicted molar refractivity (Wildman–Crippen MR) is 39.2 cm³/mol. The lowest BCUT2D eigenvalue weighted by atomic mass is 9.95. The molecule has 2 atom stereocenters. The summed E-state index contributed by atoms with van der Waals surface area (Å²) in [7, 11) is 2.02. The van der Waals surface area contributed by atoms with Crippen molar-refractivity contribution in [1.82, 2.24) is 4.90 Å². The van der Waals surface area contributed by atoms with E-state index in [2.05, 4.69) is 11.0 Å². The molecule has 1 heterocycles. The lowest BCUT2D eigenvalue weighted by Gasteiger charge is -2.30. The van der Waals surface area contributed by atoms with Crippen molar-refractivity contribution in [3.63, 3.8) is 0 Å². The molecular weight excluding hydrogens is 126 g/mol. The topological polar surface area (TPSA) is 53.0 Å². The van der Waals surface area contributed by atoms with Crippen molar-refractivity contribution in [3.05, 3.63) is 0 Å². The van der Waals surface area contributed by atoms with Gasteiger partial charge in [-0.05, 0) is 20.0 Å². The zero-order chi connectivity index (χ0) is 7.56. The van der Waals surface area contributed by atoms with Gasteiger partial charge in [0, 0.05) is 12.6 Å². The van der Waals surface area contributed by atoms with Crippen LogP contribution in [0.15, 0.2) is 0 Å². The van der Waals surface area contributed by atoms with Crippen LogP contribution in [0.1, 0.15) is 6.42 Å². The Labute approximate surface area is 61.4 Å². The molecule has 0 bridgehead atoms. The first-order valence-corrected chi connectivity index (χ1v) is 3.58. The van der Waals surface area contributed by atoms with E-state index in [4.69, 9.17) is 11.0 Å². The summed E-state index contributed by atoms with van der Waals surface area (Å²) in [6.45, 7) is 1.86. The standard InChI is InChI=1S/C7H13N3/c1-10-3-2-7(9)6(4-8)5-10/h6-7H,2-3,5,9H2,1H3/t6-,7+/m0/s1. The van der Waals surface area contributed by atoms with E-state index >= 15 is 0 Å². The lowest BCUT2D eigenvalue weighted by Crippen LogP contribution is -2.44. The Morgan fingerprint density at radius 2 is 2.40 bits per heavy atom. The fraction of sp³-hybridized carbons (Fsp3) is 0.857. The molecule has 1 rings (SSSR count). The molecule has 0 spiro atoms. The van der Waals surface area contributed by atoms with Crippen LogP contribution >= 0.6 is 0 Å². The van der Waals surface area contributed by atoms with E-state index in [1.165, 1.54) is 0 Å². The first-order chi connectivity index (χ1) is 4.74. The van der Waals surface area contributed by atoms with E-state index in [0.717, 1.165) is 19.5 Å². The molecule has 0 aromatic carbocycles. The maximum absolute atomic E-state index is 8.62. The minimum atomic E-state index is 0.0405. The van der Waals surface area contributed by atoms with E-state index in [-0.39, 0.29) is 12.0 Å². The molecule has 1 aliphatic heterocycles. The van der Waals surface area contributed by atoms with Crippen molar-refractivity contribution in [1.29, 1.82) is 5.26 Å². The fourth-order valence-electron chi connectivity index (χ4n) is 1.27. The Morgan fingerprint density at radius 3 is 2.90 bits per heavy atom. The smallest absolute Gasteiger partial charge is 0.0741 e. The molecule has 2 N–H and O–H groups in total. The number of nitrogens with two attached hydrogens (primary N) is 1. The van der Waals surface area contributed by atoms with E-state index in [9.17, 15) is 0 Å². The Hall–Kier alpha value is -0.590. The van der Waals surface area contributed by atoms with Gasteiger partial charge in [-0.25, -0.2) is 0 Å². The molecule has 56 valence electrons. The van der Waals surface area contributed by atoms with Gasteiger partial charge < -0.3 is 10.6 Å². The van der Waals surface area contributed by atoms with Gasteiger partial charge in [-0.3, -0.25) is 0 Å². The average molecular weight is 139 g/mol. The largest absolute Gasteiger partial charge is 0.326 e. The third-order valence-corrected chi connectivity index (χ3v) is 2.04. The first kappa shape index (κ1) is 7.52. The molecule has 3 heteroatoms. The number of likely N-dealkylation sites (tertiary alicyclic amines) is 1. The van der Waals surface area contributed by atoms with Crippen molar-refractivity contribution in [2.24, 2.45) is 11.7 Å². The summed E-state index contributed by atoms with van der Waals surface area (Å²) in [5.41, 5.74) is 5.70. The quantitative estimate of drug-likeness (QED) is 0.505. The van der Waals surface area contributed by atoms with Crippen LogP contribution in [0, 0.1) is 17.2 Å². The van der Waals surface area contributed by atoms with E-state index in [1.807, 2.05) is 7.05 Å². The van der Waals surface area contributed by atoms with Crippen molar-refractivity contribution in [3.8, 4) is 6.07 Å². The highest BCUT2D eigenvalue weighted by Gasteiger charge is 2.23. The third-order valence-electron chi connectivity index (χ3n) is 2.04. The second-order valence-electron chi connectivity index (χ2n) is 2.95. The average Bonchev–Trinajstić information content (AvgIpc) is 1.94. The maximum atomic E-state index is 8.62. The Kier molecular flexibility index (Phi) is 2.25. The summed E-state index contributed by atoms with van der Waals surface area (Å²) in [5, 5.41) is 8.62. The van der Waals surface area contributed by atoms with Gasteiger partial charge in [0.1, 0.15) is 0 Å². The minimum absolute atomic E-state index is 0.0405. The van der Waals surface area contributed by atoms with E-state index in [0.29, 0.717) is 0 Å². The Bertz CT molecular complexity index is 149. The molecule has 0 aliphatic carbocycles. The molecule has 1 aliphatic rings. The zero-order valence-electron chi connectivity index (χ0n) is 6.25. The molecule has 0 aromatic heterocycles. The van der Waals surface area contributed by atoms with Gasteiger partial charge in [0.05, 0.1) is 12.0 Å². The fourth-order valence-corrected chi connectivity index (χ4v) is 1.27. The summed E-state index contributed by atoms with van der Waals surface area (Å²) in [5.74, 6) is 0.0405. The van der Waals surface area contributed by atoms with Gasteiger partial charge in [-0.1, -0.05) is 0 Å². The summed E-state index contributed by atoms with van der Waals surface area (Å²) < 4.78 is 0. The predicted octanol–water partition coefficient (Wildman–Crippen LogP) is -0.211. The van der Waals surface area contributed by atoms with Crippen LogP contribution in [0.5, 0.6) is 0 Å². The van der Waals surface area contributed by atoms with Gasteiger partial charge >= 0.3 is 0 Å². The zero-order valence-corrected chi connectivity index (χ0v) is 6.25. The summed E-state index contributed by atoms with van der Waals surface area (Å²) >= 11 is 0. The number of rotatable bonds is 0. The molecule has 0 radical (unpaired) electrons. The van der Waals surface area contributed by atoms with E-state index in [1.54, 1.807) is 0 Å². The van der Waals surface area contributed by atoms with Crippen molar-refractivity contribution < 1.29 is 0 Å². The molecule has 1 fully saturated rings. The van der Waals surface area contributed by atoms with Crippen LogP contribution in [-0.4, -0.2) is 31.1 Å². The maximum Gasteiger partial charge on any atom is 0.0741 e. The Morgan fingerprint density at radius 1 is 1.70 bits per heavy atom. The third kappa shape index (κ3) is 1.47. The van der Waals surface area contributed by atoms with Crippen LogP contribution < -0.4 is 5.73 Å². The molecule has 0 amide bonds. The number of nitrogens with zero attached hydrogens (tertiary/aromatic N) is 2. The van der Waals surface area contributed by atoms with Crippen LogP contribution in [0.3, 0.4) is 0 Å². The molecule has 0 aromatic rings. The van der Waals surface area contributed by atoms with Gasteiger partial charge in [0.15, 0.2) is 0 Å². The highest BCUT2D eigenvalue weighted by Crippen LogP contribution is 2.12. The first-order valence-electron chi connectivity index (χ1n) is 3.58. The summed E-state index contributed by atoms with van der Waals surface area (Å²) in [6, 6.07) is 2.32. The van der Waals surface area contributed by atoms with Gasteiger partial charge in [0.2, 0.25) is 0 Å². The second kappa shape index (κ2) is 3.00. The van der Waals surface area contributed by atoms with Crippen molar-refractivity contribution in [2.75, 3.05) is 20.1 Å². The normalized spacial score (nSPS) is 35.3. The van der Waals surface area contributed by atoms with Crippen LogP contribution in [0.25, 0.3) is 0 Å². The number of hydrogen-bond donors (Lipinski definition) is 1. The highest BCUT2D eigenvalue weighted by molar-refractivity contribution is 4.95. The van der Waals surface area contributed by atoms with Gasteiger partial charge in [-0.15, -0.1) is 0 Å². The SMILES string of the molecule is CN1CC[C@@H](N)[C@@H](C#N)C1. The van der Waals surface area contributed by atoms with Crippen molar-refractivity contribution in [2.45, 2.75) is 12.5 Å². The number of hydrogen-bond acceptors (Lipinski definition) is 3. The number of nitriles is 1. The Balaban J connectivity index is 2.47. The molecule has 0 saturated carbocycles. The monoisotopic (exact) mass is 139 g/mol. The summed E-state index contributed by atoms with van der Waals surface area (Å²) in [6.07, 6.45) is 0.953. The van der Waals surface area contributed by atoms with Crippen molar-refractivity contribution >= 4 is 0 Å². The van der Waals surface area contributed by atoms with Crippen LogP contribution in [0.2, 0.25) is 0 Å². The van der Waals surface area contributed by atoms with Gasteiger partial charge in [-0.2, -0.15) is 5.26 Å². The van der Waals surface area contributed by atoms with Crippen LogP contribution in [0.4, 0.5) is 0 Å². The molecule has 1 saturated heterocycles. The molecular formula is C7H13N3. The lowest BCUT2D eigenvalue weighted by molar-refractivity contribution is 0.218. The molecule has 10 heavy (non-hydrogen) atoms. The summed E-state index contributed by atoms with van der Waals surface area (Å²) in [4.78, 5) is 2.15. The minimum Gasteiger partial charge on any atom is -0.326 e. The van der Waals surface area contributed by atoms with Crippen LogP contribution in [-0.2, 0) is 0 Å². The second-order valence-corrected chi connectivity index (χ2v) is 2.95. The van der Waals surface area contributed by atoms with Gasteiger partial charge in [0.25, 0.3) is 0 Å². The molecule has 3 nitrogen and oxygen atoms in total. The highest BCUT2D eigenvalue weighted by atomic mass is 15.1. The number of piperidine rings is 1.